The summed E-state index contributed by atoms with van der Waals surface area (Å²) in [4.78, 5) is 3.63. The third-order valence-electron chi connectivity index (χ3n) is 1.41. The molecule has 0 aliphatic rings. The molecule has 0 N–H and O–H groups in total. The topological polar surface area (TPSA) is 12.9 Å². The average molecular weight is 256 g/mol. The van der Waals surface area contributed by atoms with Gasteiger partial charge in [-0.2, -0.15) is 0 Å². The van der Waals surface area contributed by atoms with Crippen LogP contribution in [0.3, 0.4) is 0 Å². The van der Waals surface area contributed by atoms with Crippen LogP contribution in [0.5, 0.6) is 0 Å². The lowest BCUT2D eigenvalue weighted by Crippen LogP contribution is -1.94. The Balaban J connectivity index is 3.18. The normalized spacial score (nSPS) is 10.8. The van der Waals surface area contributed by atoms with Crippen molar-refractivity contribution in [3.8, 4) is 0 Å². The highest BCUT2D eigenvalue weighted by atomic mass is 79.9. The van der Waals surface area contributed by atoms with Crippen LogP contribution in [-0.2, 0) is 5.88 Å². The largest absolute Gasteiger partial charge is 0.265 e. The maximum absolute atomic E-state index is 12.3. The first-order valence-electron chi connectivity index (χ1n) is 3.13. The van der Waals surface area contributed by atoms with E-state index in [1.807, 2.05) is 0 Å². The second-order valence-corrected chi connectivity index (χ2v) is 3.25. The van der Waals surface area contributed by atoms with Gasteiger partial charge in [0.25, 0.3) is 6.43 Å². The predicted octanol–water partition coefficient (Wildman–Crippen LogP) is 3.52. The lowest BCUT2D eigenvalue weighted by atomic mass is 10.2. The van der Waals surface area contributed by atoms with E-state index in [9.17, 15) is 8.78 Å². The Labute approximate surface area is 81.9 Å². The van der Waals surface area contributed by atoms with Crippen molar-refractivity contribution < 1.29 is 8.78 Å². The molecule has 0 unspecified atom stereocenters. The smallest absolute Gasteiger partial charge is 0.263 e. The highest BCUT2D eigenvalue weighted by Crippen LogP contribution is 2.28. The third-order valence-corrected chi connectivity index (χ3v) is 2.36. The zero-order chi connectivity index (χ0) is 9.14. The number of halogens is 4. The number of nitrogens with zero attached hydrogens (tertiary/aromatic N) is 1. The maximum Gasteiger partial charge on any atom is 0.265 e. The van der Waals surface area contributed by atoms with Crippen molar-refractivity contribution in [2.75, 3.05) is 0 Å². The van der Waals surface area contributed by atoms with Crippen molar-refractivity contribution in [3.05, 3.63) is 28.0 Å². The van der Waals surface area contributed by atoms with Crippen LogP contribution in [0, 0.1) is 0 Å². The molecule has 0 aliphatic heterocycles. The van der Waals surface area contributed by atoms with Gasteiger partial charge in [0.05, 0.1) is 0 Å². The minimum Gasteiger partial charge on any atom is -0.263 e. The third kappa shape index (κ3) is 1.93. The van der Waals surface area contributed by atoms with Crippen molar-refractivity contribution in [2.24, 2.45) is 0 Å². The lowest BCUT2D eigenvalue weighted by molar-refractivity contribution is 0.150. The Morgan fingerprint density at radius 2 is 2.17 bits per heavy atom. The standard InChI is InChI=1S/C7H5BrClF2N/c8-6-3-12-2-5(7(10)11)4(6)1-9/h2-3,7H,1H2. The van der Waals surface area contributed by atoms with Gasteiger partial charge in [-0.25, -0.2) is 8.78 Å². The van der Waals surface area contributed by atoms with Gasteiger partial charge in [-0.1, -0.05) is 0 Å². The van der Waals surface area contributed by atoms with Crippen LogP contribution in [0.15, 0.2) is 16.9 Å². The lowest BCUT2D eigenvalue weighted by Gasteiger charge is -2.06. The van der Waals surface area contributed by atoms with Gasteiger partial charge >= 0.3 is 0 Å². The van der Waals surface area contributed by atoms with Gasteiger partial charge in [0.2, 0.25) is 0 Å². The minimum absolute atomic E-state index is 0.0583. The Bertz CT molecular complexity index is 280. The molecule has 0 atom stereocenters. The van der Waals surface area contributed by atoms with Crippen LogP contribution in [0.25, 0.3) is 0 Å². The molecule has 0 amide bonds. The first-order chi connectivity index (χ1) is 5.66. The molecule has 1 aromatic heterocycles. The molecule has 66 valence electrons. The van der Waals surface area contributed by atoms with Crippen LogP contribution in [-0.4, -0.2) is 4.98 Å². The summed E-state index contributed by atoms with van der Waals surface area (Å²) >= 11 is 8.59. The predicted molar refractivity (Wildman–Crippen MR) is 46.5 cm³/mol. The Kier molecular flexibility index (Phi) is 3.40. The molecule has 0 radical (unpaired) electrons. The molecule has 0 fully saturated rings. The summed E-state index contributed by atoms with van der Waals surface area (Å²) in [5.74, 6) is 0.0583. The molecule has 1 nitrogen and oxygen atoms in total. The summed E-state index contributed by atoms with van der Waals surface area (Å²) in [6.45, 7) is 0. The Morgan fingerprint density at radius 1 is 1.50 bits per heavy atom. The number of pyridine rings is 1. The molecule has 5 heteroatoms. The van der Waals surface area contributed by atoms with Crippen LogP contribution < -0.4 is 0 Å². The highest BCUT2D eigenvalue weighted by molar-refractivity contribution is 9.10. The molecule has 0 saturated carbocycles. The first kappa shape index (κ1) is 9.86. The summed E-state index contributed by atoms with van der Waals surface area (Å²) in [5, 5.41) is 0. The van der Waals surface area contributed by atoms with Crippen LogP contribution in [0.1, 0.15) is 17.6 Å². The fourth-order valence-electron chi connectivity index (χ4n) is 0.806. The van der Waals surface area contributed by atoms with Crippen molar-refractivity contribution in [1.82, 2.24) is 4.98 Å². The molecule has 0 aliphatic carbocycles. The molecule has 0 spiro atoms. The molecule has 0 saturated heterocycles. The van der Waals surface area contributed by atoms with E-state index in [0.29, 0.717) is 10.0 Å². The molecular weight excluding hydrogens is 251 g/mol. The summed E-state index contributed by atoms with van der Waals surface area (Å²) in [6.07, 6.45) is 0.0558. The number of hydrogen-bond acceptors (Lipinski definition) is 1. The summed E-state index contributed by atoms with van der Waals surface area (Å²) in [5.41, 5.74) is 0.293. The highest BCUT2D eigenvalue weighted by Gasteiger charge is 2.14. The van der Waals surface area contributed by atoms with Gasteiger partial charge in [-0.05, 0) is 21.5 Å². The van der Waals surface area contributed by atoms with E-state index in [2.05, 4.69) is 20.9 Å². The average Bonchev–Trinajstić information content (AvgIpc) is 2.03. The fourth-order valence-corrected chi connectivity index (χ4v) is 1.75. The molecule has 0 aromatic carbocycles. The molecular formula is C7H5BrClF2N. The van der Waals surface area contributed by atoms with Crippen molar-refractivity contribution in [2.45, 2.75) is 12.3 Å². The van der Waals surface area contributed by atoms with Gasteiger partial charge < -0.3 is 0 Å². The summed E-state index contributed by atoms with van der Waals surface area (Å²) < 4.78 is 25.1. The van der Waals surface area contributed by atoms with E-state index in [0.717, 1.165) is 6.20 Å². The number of alkyl halides is 3. The van der Waals surface area contributed by atoms with E-state index >= 15 is 0 Å². The number of rotatable bonds is 2. The molecule has 12 heavy (non-hydrogen) atoms. The van der Waals surface area contributed by atoms with Gasteiger partial charge in [-0.15, -0.1) is 11.6 Å². The van der Waals surface area contributed by atoms with Crippen molar-refractivity contribution in [1.29, 1.82) is 0 Å². The van der Waals surface area contributed by atoms with E-state index in [4.69, 9.17) is 11.6 Å². The van der Waals surface area contributed by atoms with Crippen LogP contribution in [0.4, 0.5) is 8.78 Å². The van der Waals surface area contributed by atoms with E-state index in [-0.39, 0.29) is 11.4 Å². The van der Waals surface area contributed by atoms with Crippen LogP contribution in [0.2, 0.25) is 0 Å². The number of hydrogen-bond donors (Lipinski definition) is 0. The zero-order valence-corrected chi connectivity index (χ0v) is 8.24. The van der Waals surface area contributed by atoms with Crippen molar-refractivity contribution >= 4 is 27.5 Å². The van der Waals surface area contributed by atoms with E-state index in [1.165, 1.54) is 6.20 Å². The van der Waals surface area contributed by atoms with Crippen molar-refractivity contribution in [3.63, 3.8) is 0 Å². The molecule has 1 heterocycles. The second-order valence-electron chi connectivity index (χ2n) is 2.12. The molecule has 1 aromatic rings. The van der Waals surface area contributed by atoms with Gasteiger partial charge in [0.1, 0.15) is 0 Å². The first-order valence-corrected chi connectivity index (χ1v) is 4.46. The Hall–Kier alpha value is -0.220. The summed E-state index contributed by atoms with van der Waals surface area (Å²) in [6, 6.07) is 0. The van der Waals surface area contributed by atoms with Crippen LogP contribution >= 0.6 is 27.5 Å². The van der Waals surface area contributed by atoms with Gasteiger partial charge in [0, 0.05) is 28.3 Å². The Morgan fingerprint density at radius 3 is 2.58 bits per heavy atom. The van der Waals surface area contributed by atoms with Gasteiger partial charge in [0.15, 0.2) is 0 Å². The van der Waals surface area contributed by atoms with Gasteiger partial charge in [-0.3, -0.25) is 4.98 Å². The maximum atomic E-state index is 12.3. The molecule has 1 rings (SSSR count). The van der Waals surface area contributed by atoms with E-state index < -0.39 is 6.43 Å². The zero-order valence-electron chi connectivity index (χ0n) is 5.90. The number of aromatic nitrogens is 1. The second kappa shape index (κ2) is 4.14. The molecule has 0 bridgehead atoms. The fraction of sp³-hybridized carbons (Fsp3) is 0.286. The summed E-state index contributed by atoms with van der Waals surface area (Å²) in [7, 11) is 0. The van der Waals surface area contributed by atoms with E-state index in [1.54, 1.807) is 0 Å². The monoisotopic (exact) mass is 255 g/mol. The SMILES string of the molecule is FC(F)c1cncc(Br)c1CCl. The quantitative estimate of drug-likeness (QED) is 0.738. The minimum atomic E-state index is -2.52.